The molecule has 3 aliphatic rings. The first-order valence-electron chi connectivity index (χ1n) is 11.2. The lowest BCUT2D eigenvalue weighted by molar-refractivity contribution is -0.120. The van der Waals surface area contributed by atoms with Crippen molar-refractivity contribution in [3.8, 4) is 11.1 Å². The predicted octanol–water partition coefficient (Wildman–Crippen LogP) is 4.27. The number of allylic oxidation sites excluding steroid dienone is 1. The standard InChI is InChI=1S/C25H30N6O/c1-7-25(17-10-8-9-16(11-17)18-13-31(6)30-14(18)2)20-15(3)28-29-22(20)26-19-12-24(4,5)27-23(32)21(19)25/h8-11,13,22,26H,7,12H2,1-6H3,(H,27,32)/t22?,25-/m0/s1. The van der Waals surface area contributed by atoms with E-state index in [1.807, 2.05) is 31.8 Å². The van der Waals surface area contributed by atoms with Gasteiger partial charge in [-0.05, 0) is 51.3 Å². The van der Waals surface area contributed by atoms with E-state index in [0.717, 1.165) is 57.8 Å². The average Bonchev–Trinajstić information content (AvgIpc) is 3.27. The van der Waals surface area contributed by atoms with Crippen LogP contribution in [0, 0.1) is 6.92 Å². The number of amides is 1. The third-order valence-electron chi connectivity index (χ3n) is 6.99. The minimum atomic E-state index is -0.592. The first-order chi connectivity index (χ1) is 15.2. The van der Waals surface area contributed by atoms with Crippen LogP contribution >= 0.6 is 0 Å². The number of benzene rings is 1. The zero-order valence-corrected chi connectivity index (χ0v) is 19.6. The number of hydrogen-bond acceptors (Lipinski definition) is 5. The third kappa shape index (κ3) is 2.87. The summed E-state index contributed by atoms with van der Waals surface area (Å²) in [6.45, 7) is 10.3. The van der Waals surface area contributed by atoms with Gasteiger partial charge in [-0.15, -0.1) is 0 Å². The van der Waals surface area contributed by atoms with E-state index in [0.29, 0.717) is 0 Å². The molecule has 7 heteroatoms. The van der Waals surface area contributed by atoms with E-state index in [1.54, 1.807) is 0 Å². The van der Waals surface area contributed by atoms with E-state index in [1.165, 1.54) is 0 Å². The van der Waals surface area contributed by atoms with Crippen molar-refractivity contribution in [1.29, 1.82) is 0 Å². The average molecular weight is 431 g/mol. The maximum Gasteiger partial charge on any atom is 0.250 e. The molecule has 0 fully saturated rings. The molecule has 3 aliphatic heterocycles. The van der Waals surface area contributed by atoms with Crippen LogP contribution in [0.4, 0.5) is 0 Å². The second-order valence-electron chi connectivity index (χ2n) is 9.77. The molecule has 1 aromatic heterocycles. The van der Waals surface area contributed by atoms with E-state index in [4.69, 9.17) is 0 Å². The molecule has 0 bridgehead atoms. The number of rotatable bonds is 3. The van der Waals surface area contributed by atoms with Gasteiger partial charge in [-0.3, -0.25) is 9.48 Å². The fourth-order valence-electron chi connectivity index (χ4n) is 5.76. The number of hydrogen-bond donors (Lipinski definition) is 2. The Morgan fingerprint density at radius 1 is 1.25 bits per heavy atom. The Balaban J connectivity index is 1.78. The van der Waals surface area contributed by atoms with Gasteiger partial charge in [0.25, 0.3) is 5.91 Å². The van der Waals surface area contributed by atoms with Crippen molar-refractivity contribution < 1.29 is 4.79 Å². The van der Waals surface area contributed by atoms with Gasteiger partial charge in [-0.25, -0.2) is 0 Å². The SMILES string of the molecule is CC[C@@]1(c2cccc(-c3cn(C)nc3C)c2)C2=C(CC(C)(C)NC2=O)NC2N=NC(C)=C21. The van der Waals surface area contributed by atoms with Gasteiger partial charge in [0, 0.05) is 42.0 Å². The van der Waals surface area contributed by atoms with Crippen molar-refractivity contribution in [2.24, 2.45) is 17.3 Å². The number of fused-ring (bicyclic) bond motifs is 1. The summed E-state index contributed by atoms with van der Waals surface area (Å²) in [5, 5.41) is 20.3. The van der Waals surface area contributed by atoms with Crippen molar-refractivity contribution in [3.63, 3.8) is 0 Å². The number of aryl methyl sites for hydroxylation is 2. The Bertz CT molecular complexity index is 1230. The number of nitrogens with one attached hydrogen (secondary N) is 2. The number of carbonyl (C=O) groups excluding carboxylic acids is 1. The summed E-state index contributed by atoms with van der Waals surface area (Å²) in [6.07, 6.45) is 3.28. The molecular weight excluding hydrogens is 400 g/mol. The lowest BCUT2D eigenvalue weighted by Crippen LogP contribution is -2.58. The lowest BCUT2D eigenvalue weighted by Gasteiger charge is -2.48. The van der Waals surface area contributed by atoms with Crippen molar-refractivity contribution in [2.45, 2.75) is 64.6 Å². The van der Waals surface area contributed by atoms with E-state index >= 15 is 0 Å². The third-order valence-corrected chi connectivity index (χ3v) is 6.99. The van der Waals surface area contributed by atoms with Crippen LogP contribution in [0.25, 0.3) is 11.1 Å². The highest BCUT2D eigenvalue weighted by Gasteiger charge is 2.54. The Morgan fingerprint density at radius 3 is 2.72 bits per heavy atom. The summed E-state index contributed by atoms with van der Waals surface area (Å²) in [5.74, 6) is -0.0146. The minimum Gasteiger partial charge on any atom is -0.362 e. The Morgan fingerprint density at radius 2 is 2.03 bits per heavy atom. The van der Waals surface area contributed by atoms with E-state index in [9.17, 15) is 4.79 Å². The molecule has 0 spiro atoms. The van der Waals surface area contributed by atoms with Crippen molar-refractivity contribution in [1.82, 2.24) is 20.4 Å². The lowest BCUT2D eigenvalue weighted by atomic mass is 9.61. The van der Waals surface area contributed by atoms with Gasteiger partial charge in [0.15, 0.2) is 6.17 Å². The first kappa shape index (κ1) is 20.7. The molecule has 0 aliphatic carbocycles. The molecule has 7 nitrogen and oxygen atoms in total. The summed E-state index contributed by atoms with van der Waals surface area (Å²) < 4.78 is 1.84. The molecule has 166 valence electrons. The quantitative estimate of drug-likeness (QED) is 0.763. The topological polar surface area (TPSA) is 83.7 Å². The summed E-state index contributed by atoms with van der Waals surface area (Å²) in [6, 6.07) is 8.54. The van der Waals surface area contributed by atoms with Crippen LogP contribution in [0.1, 0.15) is 51.8 Å². The van der Waals surface area contributed by atoms with E-state index < -0.39 is 5.41 Å². The molecule has 1 unspecified atom stereocenters. The minimum absolute atomic E-state index is 0.0146. The zero-order valence-electron chi connectivity index (χ0n) is 19.6. The zero-order chi connectivity index (χ0) is 22.8. The van der Waals surface area contributed by atoms with Crippen LogP contribution < -0.4 is 10.6 Å². The van der Waals surface area contributed by atoms with Crippen LogP contribution in [0.5, 0.6) is 0 Å². The normalized spacial score (nSPS) is 26.1. The van der Waals surface area contributed by atoms with Gasteiger partial charge in [0.2, 0.25) is 0 Å². The smallest absolute Gasteiger partial charge is 0.250 e. The fraction of sp³-hybridized carbons (Fsp3) is 0.440. The maximum atomic E-state index is 13.6. The molecule has 2 aromatic rings. The molecule has 5 rings (SSSR count). The molecule has 1 aromatic carbocycles. The Hall–Kier alpha value is -3.22. The molecule has 2 atom stereocenters. The van der Waals surface area contributed by atoms with Crippen LogP contribution in [0.3, 0.4) is 0 Å². The predicted molar refractivity (Wildman–Crippen MR) is 124 cm³/mol. The highest BCUT2D eigenvalue weighted by Crippen LogP contribution is 2.53. The molecule has 32 heavy (non-hydrogen) atoms. The van der Waals surface area contributed by atoms with E-state index in [-0.39, 0.29) is 17.6 Å². The van der Waals surface area contributed by atoms with Crippen LogP contribution in [-0.4, -0.2) is 27.4 Å². The number of nitrogens with zero attached hydrogens (tertiary/aromatic N) is 4. The molecule has 2 N–H and O–H groups in total. The molecule has 0 saturated heterocycles. The second kappa shape index (κ2) is 6.89. The number of aromatic nitrogens is 2. The number of carbonyl (C=O) groups is 1. The summed E-state index contributed by atoms with van der Waals surface area (Å²) in [4.78, 5) is 13.6. The highest BCUT2D eigenvalue weighted by atomic mass is 16.2. The van der Waals surface area contributed by atoms with E-state index in [2.05, 4.69) is 71.0 Å². The van der Waals surface area contributed by atoms with Gasteiger partial charge >= 0.3 is 0 Å². The highest BCUT2D eigenvalue weighted by molar-refractivity contribution is 6.00. The second-order valence-corrected chi connectivity index (χ2v) is 9.77. The molecule has 0 saturated carbocycles. The number of azo groups is 1. The molecule has 1 amide bonds. The van der Waals surface area contributed by atoms with Crippen molar-refractivity contribution in [2.75, 3.05) is 0 Å². The monoisotopic (exact) mass is 430 g/mol. The van der Waals surface area contributed by atoms with Crippen LogP contribution in [0.15, 0.2) is 63.2 Å². The van der Waals surface area contributed by atoms with Crippen molar-refractivity contribution >= 4 is 5.91 Å². The largest absolute Gasteiger partial charge is 0.362 e. The van der Waals surface area contributed by atoms with Crippen LogP contribution in [0.2, 0.25) is 0 Å². The summed E-state index contributed by atoms with van der Waals surface area (Å²) >= 11 is 0. The van der Waals surface area contributed by atoms with Gasteiger partial charge < -0.3 is 10.6 Å². The van der Waals surface area contributed by atoms with Crippen LogP contribution in [-0.2, 0) is 17.3 Å². The van der Waals surface area contributed by atoms with Gasteiger partial charge in [0.1, 0.15) is 0 Å². The summed E-state index contributed by atoms with van der Waals surface area (Å²) in [5.41, 5.74) is 7.11. The summed E-state index contributed by atoms with van der Waals surface area (Å²) in [7, 11) is 1.94. The fourth-order valence-corrected chi connectivity index (χ4v) is 5.76. The Kier molecular flexibility index (Phi) is 4.45. The maximum absolute atomic E-state index is 13.6. The first-order valence-corrected chi connectivity index (χ1v) is 11.2. The molecule has 0 radical (unpaired) electrons. The molecule has 4 heterocycles. The van der Waals surface area contributed by atoms with Crippen molar-refractivity contribution in [3.05, 3.63) is 64.3 Å². The van der Waals surface area contributed by atoms with Gasteiger partial charge in [-0.1, -0.05) is 25.1 Å². The van der Waals surface area contributed by atoms with Gasteiger partial charge in [-0.2, -0.15) is 15.3 Å². The van der Waals surface area contributed by atoms with Gasteiger partial charge in [0.05, 0.1) is 22.4 Å². The molecular formula is C25H30N6O. The Labute approximate surface area is 188 Å².